The van der Waals surface area contributed by atoms with Crippen molar-refractivity contribution in [2.75, 3.05) is 19.6 Å². The van der Waals surface area contributed by atoms with Crippen molar-refractivity contribution in [3.05, 3.63) is 0 Å². The van der Waals surface area contributed by atoms with Crippen LogP contribution in [-0.2, 0) is 0 Å². The minimum Gasteiger partial charge on any atom is -0.310 e. The van der Waals surface area contributed by atoms with Gasteiger partial charge in [-0.1, -0.05) is 19.3 Å². The zero-order chi connectivity index (χ0) is 11.4. The molecule has 1 saturated heterocycles. The lowest BCUT2D eigenvalue weighted by Gasteiger charge is -2.31. The highest BCUT2D eigenvalue weighted by Crippen LogP contribution is 2.30. The maximum Gasteiger partial charge on any atom is 0.0169 e. The van der Waals surface area contributed by atoms with E-state index in [-0.39, 0.29) is 0 Å². The average molecular weight is 224 g/mol. The first-order valence-electron chi connectivity index (χ1n) is 7.22. The summed E-state index contributed by atoms with van der Waals surface area (Å²) in [6.45, 7) is 8.59. The van der Waals surface area contributed by atoms with E-state index in [1.165, 1.54) is 58.2 Å². The highest BCUT2D eigenvalue weighted by molar-refractivity contribution is 4.78. The quantitative estimate of drug-likeness (QED) is 0.746. The van der Waals surface area contributed by atoms with E-state index in [0.29, 0.717) is 12.1 Å². The summed E-state index contributed by atoms with van der Waals surface area (Å²) in [6, 6.07) is 1.37. The van der Waals surface area contributed by atoms with Crippen molar-refractivity contribution in [2.24, 2.45) is 5.92 Å². The Labute approximate surface area is 101 Å². The standard InChI is InChI=1S/C14H28N2/c1-12(10-14-6-5-7-14)15-13(2)11-16-8-3-4-9-16/h12-15H,3-11H2,1-2H3. The fourth-order valence-corrected chi connectivity index (χ4v) is 3.19. The minimum absolute atomic E-state index is 0.660. The highest BCUT2D eigenvalue weighted by atomic mass is 15.2. The van der Waals surface area contributed by atoms with Crippen LogP contribution >= 0.6 is 0 Å². The normalized spacial score (nSPS) is 26.6. The van der Waals surface area contributed by atoms with Crippen LogP contribution in [0.2, 0.25) is 0 Å². The molecule has 1 heterocycles. The predicted molar refractivity (Wildman–Crippen MR) is 69.7 cm³/mol. The van der Waals surface area contributed by atoms with Gasteiger partial charge in [-0.2, -0.15) is 0 Å². The van der Waals surface area contributed by atoms with Crippen molar-refractivity contribution in [1.29, 1.82) is 0 Å². The van der Waals surface area contributed by atoms with Crippen LogP contribution in [0.15, 0.2) is 0 Å². The van der Waals surface area contributed by atoms with Crippen LogP contribution < -0.4 is 5.32 Å². The third-order valence-electron chi connectivity index (χ3n) is 4.21. The second-order valence-electron chi connectivity index (χ2n) is 6.01. The molecular formula is C14H28N2. The summed E-state index contributed by atoms with van der Waals surface area (Å²) in [5, 5.41) is 3.76. The Kier molecular flexibility index (Phi) is 4.66. The lowest BCUT2D eigenvalue weighted by atomic mass is 9.81. The highest BCUT2D eigenvalue weighted by Gasteiger charge is 2.21. The third-order valence-corrected chi connectivity index (χ3v) is 4.21. The maximum atomic E-state index is 3.76. The van der Waals surface area contributed by atoms with E-state index in [9.17, 15) is 0 Å². The molecule has 0 amide bonds. The van der Waals surface area contributed by atoms with Crippen molar-refractivity contribution < 1.29 is 0 Å². The molecule has 16 heavy (non-hydrogen) atoms. The second-order valence-corrected chi connectivity index (χ2v) is 6.01. The molecule has 2 atom stereocenters. The van der Waals surface area contributed by atoms with Crippen LogP contribution in [0, 0.1) is 5.92 Å². The lowest BCUT2D eigenvalue weighted by Crippen LogP contribution is -2.43. The molecule has 0 spiro atoms. The van der Waals surface area contributed by atoms with Gasteiger partial charge in [0.1, 0.15) is 0 Å². The van der Waals surface area contributed by atoms with Gasteiger partial charge in [-0.25, -0.2) is 0 Å². The van der Waals surface area contributed by atoms with E-state index >= 15 is 0 Å². The summed E-state index contributed by atoms with van der Waals surface area (Å²) in [5.41, 5.74) is 0. The summed E-state index contributed by atoms with van der Waals surface area (Å²) in [6.07, 6.45) is 8.64. The first-order chi connectivity index (χ1) is 7.74. The van der Waals surface area contributed by atoms with Crippen molar-refractivity contribution >= 4 is 0 Å². The van der Waals surface area contributed by atoms with Gasteiger partial charge in [0.25, 0.3) is 0 Å². The van der Waals surface area contributed by atoms with Gasteiger partial charge in [-0.3, -0.25) is 0 Å². The van der Waals surface area contributed by atoms with E-state index in [1.54, 1.807) is 0 Å². The Bertz CT molecular complexity index is 195. The number of nitrogens with zero attached hydrogens (tertiary/aromatic N) is 1. The van der Waals surface area contributed by atoms with Gasteiger partial charge >= 0.3 is 0 Å². The molecule has 94 valence electrons. The van der Waals surface area contributed by atoms with Gasteiger partial charge in [0.05, 0.1) is 0 Å². The number of hydrogen-bond acceptors (Lipinski definition) is 2. The third kappa shape index (κ3) is 3.74. The monoisotopic (exact) mass is 224 g/mol. The minimum atomic E-state index is 0.660. The summed E-state index contributed by atoms with van der Waals surface area (Å²) in [7, 11) is 0. The Morgan fingerprint density at radius 2 is 1.75 bits per heavy atom. The van der Waals surface area contributed by atoms with E-state index in [1.807, 2.05) is 0 Å². The zero-order valence-corrected chi connectivity index (χ0v) is 11.0. The molecule has 2 nitrogen and oxygen atoms in total. The van der Waals surface area contributed by atoms with Crippen LogP contribution in [0.3, 0.4) is 0 Å². The van der Waals surface area contributed by atoms with Crippen LogP contribution in [0.4, 0.5) is 0 Å². The van der Waals surface area contributed by atoms with E-state index < -0.39 is 0 Å². The fraction of sp³-hybridized carbons (Fsp3) is 1.00. The molecule has 2 aliphatic rings. The van der Waals surface area contributed by atoms with Crippen LogP contribution in [-0.4, -0.2) is 36.6 Å². The van der Waals surface area contributed by atoms with Crippen molar-refractivity contribution in [2.45, 2.75) is 64.5 Å². The Morgan fingerprint density at radius 3 is 2.31 bits per heavy atom. The molecule has 0 radical (unpaired) electrons. The molecule has 0 bridgehead atoms. The van der Waals surface area contributed by atoms with Gasteiger partial charge in [-0.05, 0) is 52.1 Å². The molecular weight excluding hydrogens is 196 g/mol. The van der Waals surface area contributed by atoms with E-state index in [2.05, 4.69) is 24.1 Å². The van der Waals surface area contributed by atoms with Crippen molar-refractivity contribution in [1.82, 2.24) is 10.2 Å². The summed E-state index contributed by atoms with van der Waals surface area (Å²) < 4.78 is 0. The average Bonchev–Trinajstić information content (AvgIpc) is 2.63. The zero-order valence-electron chi connectivity index (χ0n) is 11.0. The molecule has 2 fully saturated rings. The Hall–Kier alpha value is -0.0800. The van der Waals surface area contributed by atoms with Gasteiger partial charge in [0, 0.05) is 18.6 Å². The first kappa shape index (κ1) is 12.4. The van der Waals surface area contributed by atoms with E-state index in [0.717, 1.165) is 5.92 Å². The number of nitrogens with one attached hydrogen (secondary N) is 1. The molecule has 2 rings (SSSR count). The summed E-state index contributed by atoms with van der Waals surface area (Å²) in [4.78, 5) is 2.60. The molecule has 0 aromatic rings. The fourth-order valence-electron chi connectivity index (χ4n) is 3.19. The molecule has 1 aliphatic heterocycles. The van der Waals surface area contributed by atoms with Crippen LogP contribution in [0.1, 0.15) is 52.4 Å². The molecule has 1 aliphatic carbocycles. The van der Waals surface area contributed by atoms with Gasteiger partial charge in [-0.15, -0.1) is 0 Å². The molecule has 2 heteroatoms. The molecule has 2 unspecified atom stereocenters. The summed E-state index contributed by atoms with van der Waals surface area (Å²) in [5.74, 6) is 1.03. The van der Waals surface area contributed by atoms with Gasteiger partial charge in [0.15, 0.2) is 0 Å². The SMILES string of the molecule is CC(CC1CCC1)NC(C)CN1CCCC1. The van der Waals surface area contributed by atoms with E-state index in [4.69, 9.17) is 0 Å². The van der Waals surface area contributed by atoms with Crippen LogP contribution in [0.5, 0.6) is 0 Å². The molecule has 0 aromatic heterocycles. The maximum absolute atomic E-state index is 3.76. The molecule has 1 N–H and O–H groups in total. The van der Waals surface area contributed by atoms with Gasteiger partial charge in [0.2, 0.25) is 0 Å². The Balaban J connectivity index is 1.59. The number of hydrogen-bond donors (Lipinski definition) is 1. The summed E-state index contributed by atoms with van der Waals surface area (Å²) >= 11 is 0. The van der Waals surface area contributed by atoms with Crippen LogP contribution in [0.25, 0.3) is 0 Å². The number of likely N-dealkylation sites (tertiary alicyclic amines) is 1. The smallest absolute Gasteiger partial charge is 0.0169 e. The Morgan fingerprint density at radius 1 is 1.06 bits per heavy atom. The first-order valence-corrected chi connectivity index (χ1v) is 7.22. The lowest BCUT2D eigenvalue weighted by molar-refractivity contribution is 0.241. The molecule has 0 aromatic carbocycles. The second kappa shape index (κ2) is 6.02. The predicted octanol–water partition coefficient (Wildman–Crippen LogP) is 2.64. The molecule has 1 saturated carbocycles. The van der Waals surface area contributed by atoms with Crippen molar-refractivity contribution in [3.63, 3.8) is 0 Å². The van der Waals surface area contributed by atoms with Crippen molar-refractivity contribution in [3.8, 4) is 0 Å². The largest absolute Gasteiger partial charge is 0.310 e. The number of rotatable bonds is 6. The van der Waals surface area contributed by atoms with Gasteiger partial charge < -0.3 is 10.2 Å². The topological polar surface area (TPSA) is 15.3 Å².